The van der Waals surface area contributed by atoms with E-state index in [1.807, 2.05) is 12.1 Å². The molecular weight excluding hydrogens is 343 g/mol. The van der Waals surface area contributed by atoms with Crippen molar-refractivity contribution < 1.29 is 13.9 Å². The smallest absolute Gasteiger partial charge is 0.222 e. The molecule has 4 nitrogen and oxygen atoms in total. The van der Waals surface area contributed by atoms with Gasteiger partial charge in [0, 0.05) is 24.0 Å². The molecule has 3 rings (SSSR count). The molecule has 25 heavy (non-hydrogen) atoms. The number of carbonyl (C=O) groups is 1. The summed E-state index contributed by atoms with van der Waals surface area (Å²) in [6.45, 7) is 1.90. The standard InChI is InChI=1S/C19H20ClFN2O2/c20-15-5-1-3-13(9-15)19(14-4-2-6-16(21)10-14)23-18(24)11-17-12-25-8-7-22-17/h1-6,9-10,17,19,22H,7-8,11-12H2,(H,23,24). The molecule has 1 fully saturated rings. The van der Waals surface area contributed by atoms with Crippen LogP contribution in [0.15, 0.2) is 48.5 Å². The highest BCUT2D eigenvalue weighted by molar-refractivity contribution is 6.30. The van der Waals surface area contributed by atoms with Gasteiger partial charge in [-0.15, -0.1) is 0 Å². The maximum absolute atomic E-state index is 13.7. The molecular formula is C19H20ClFN2O2. The van der Waals surface area contributed by atoms with Gasteiger partial charge in [-0.1, -0.05) is 35.9 Å². The predicted octanol–water partition coefficient (Wildman–Crippen LogP) is 3.06. The maximum atomic E-state index is 13.7. The van der Waals surface area contributed by atoms with Crippen molar-refractivity contribution in [3.63, 3.8) is 0 Å². The molecule has 0 radical (unpaired) electrons. The Hall–Kier alpha value is -1.95. The fourth-order valence-corrected chi connectivity index (χ4v) is 3.12. The number of morpholine rings is 1. The normalized spacial score (nSPS) is 18.6. The number of hydrogen-bond acceptors (Lipinski definition) is 3. The number of halogens is 2. The van der Waals surface area contributed by atoms with Gasteiger partial charge in [0.15, 0.2) is 0 Å². The number of rotatable bonds is 5. The van der Waals surface area contributed by atoms with Crippen molar-refractivity contribution in [3.05, 3.63) is 70.5 Å². The average molecular weight is 363 g/mol. The van der Waals surface area contributed by atoms with Crippen molar-refractivity contribution in [2.24, 2.45) is 0 Å². The van der Waals surface area contributed by atoms with Crippen LogP contribution in [-0.4, -0.2) is 31.7 Å². The molecule has 0 aromatic heterocycles. The van der Waals surface area contributed by atoms with E-state index in [1.165, 1.54) is 12.1 Å². The number of carbonyl (C=O) groups excluding carboxylic acids is 1. The molecule has 6 heteroatoms. The van der Waals surface area contributed by atoms with Gasteiger partial charge in [0.2, 0.25) is 5.91 Å². The molecule has 1 saturated heterocycles. The first-order valence-electron chi connectivity index (χ1n) is 8.23. The third-order valence-electron chi connectivity index (χ3n) is 4.10. The summed E-state index contributed by atoms with van der Waals surface area (Å²) in [5, 5.41) is 6.81. The zero-order valence-corrected chi connectivity index (χ0v) is 14.4. The lowest BCUT2D eigenvalue weighted by Crippen LogP contribution is -2.44. The lowest BCUT2D eigenvalue weighted by molar-refractivity contribution is -0.122. The Morgan fingerprint density at radius 1 is 1.28 bits per heavy atom. The van der Waals surface area contributed by atoms with E-state index >= 15 is 0 Å². The molecule has 0 saturated carbocycles. The van der Waals surface area contributed by atoms with Crippen LogP contribution in [0.2, 0.25) is 5.02 Å². The van der Waals surface area contributed by atoms with Gasteiger partial charge in [0.1, 0.15) is 5.82 Å². The molecule has 0 aliphatic carbocycles. The molecule has 2 unspecified atom stereocenters. The third-order valence-corrected chi connectivity index (χ3v) is 4.33. The van der Waals surface area contributed by atoms with Crippen molar-refractivity contribution >= 4 is 17.5 Å². The summed E-state index contributed by atoms with van der Waals surface area (Å²) in [6.07, 6.45) is 0.298. The summed E-state index contributed by atoms with van der Waals surface area (Å²) >= 11 is 6.09. The van der Waals surface area contributed by atoms with Gasteiger partial charge in [-0.25, -0.2) is 4.39 Å². The van der Waals surface area contributed by atoms with E-state index < -0.39 is 6.04 Å². The van der Waals surface area contributed by atoms with Crippen LogP contribution < -0.4 is 10.6 Å². The Kier molecular flexibility index (Phi) is 6.02. The molecule has 2 N–H and O–H groups in total. The number of amides is 1. The first-order valence-corrected chi connectivity index (χ1v) is 8.61. The average Bonchev–Trinajstić information content (AvgIpc) is 2.60. The number of hydrogen-bond donors (Lipinski definition) is 2. The lowest BCUT2D eigenvalue weighted by Gasteiger charge is -2.25. The second kappa shape index (κ2) is 8.43. The third kappa shape index (κ3) is 5.01. The first-order chi connectivity index (χ1) is 12.1. The zero-order valence-electron chi connectivity index (χ0n) is 13.7. The number of nitrogens with one attached hydrogen (secondary N) is 2. The summed E-state index contributed by atoms with van der Waals surface area (Å²) in [5.74, 6) is -0.474. The fourth-order valence-electron chi connectivity index (χ4n) is 2.93. The molecule has 1 amide bonds. The minimum atomic E-state index is -0.466. The van der Waals surface area contributed by atoms with Gasteiger partial charge in [0.25, 0.3) is 0 Å². The van der Waals surface area contributed by atoms with Crippen LogP contribution in [-0.2, 0) is 9.53 Å². The molecule has 132 valence electrons. The van der Waals surface area contributed by atoms with Crippen LogP contribution in [0.25, 0.3) is 0 Å². The Morgan fingerprint density at radius 2 is 2.04 bits per heavy atom. The molecule has 0 bridgehead atoms. The Bertz CT molecular complexity index is 689. The molecule has 0 spiro atoms. The first kappa shape index (κ1) is 17.9. The lowest BCUT2D eigenvalue weighted by atomic mass is 9.98. The summed E-state index contributed by atoms with van der Waals surface area (Å²) < 4.78 is 19.0. The van der Waals surface area contributed by atoms with Crippen molar-refractivity contribution in [1.29, 1.82) is 0 Å². The minimum absolute atomic E-state index is 0.0127. The minimum Gasteiger partial charge on any atom is -0.378 e. The highest BCUT2D eigenvalue weighted by atomic mass is 35.5. The zero-order chi connectivity index (χ0) is 17.6. The molecule has 2 aromatic carbocycles. The SMILES string of the molecule is O=C(CC1COCCN1)NC(c1cccc(F)c1)c1cccc(Cl)c1. The molecule has 1 aliphatic rings. The van der Waals surface area contributed by atoms with Gasteiger partial charge in [-0.3, -0.25) is 4.79 Å². The van der Waals surface area contributed by atoms with Crippen molar-refractivity contribution in [2.45, 2.75) is 18.5 Å². The van der Waals surface area contributed by atoms with Gasteiger partial charge in [0.05, 0.1) is 19.3 Å². The van der Waals surface area contributed by atoms with Crippen molar-refractivity contribution in [2.75, 3.05) is 19.8 Å². The largest absolute Gasteiger partial charge is 0.378 e. The van der Waals surface area contributed by atoms with Gasteiger partial charge >= 0.3 is 0 Å². The Labute approximate surface area is 151 Å². The number of ether oxygens (including phenoxy) is 1. The fraction of sp³-hybridized carbons (Fsp3) is 0.316. The molecule has 2 aromatic rings. The molecule has 1 heterocycles. The second-order valence-corrected chi connectivity index (χ2v) is 6.48. The van der Waals surface area contributed by atoms with E-state index in [-0.39, 0.29) is 17.8 Å². The second-order valence-electron chi connectivity index (χ2n) is 6.04. The predicted molar refractivity (Wildman–Crippen MR) is 95.1 cm³/mol. The number of benzene rings is 2. The summed E-state index contributed by atoms with van der Waals surface area (Å²) in [7, 11) is 0. The van der Waals surface area contributed by atoms with E-state index in [1.54, 1.807) is 24.3 Å². The van der Waals surface area contributed by atoms with E-state index in [0.29, 0.717) is 30.2 Å². The molecule has 1 aliphatic heterocycles. The van der Waals surface area contributed by atoms with Crippen LogP contribution in [0.4, 0.5) is 4.39 Å². The quantitative estimate of drug-likeness (QED) is 0.859. The summed E-state index contributed by atoms with van der Waals surface area (Å²) in [6, 6.07) is 13.0. The van der Waals surface area contributed by atoms with E-state index in [2.05, 4.69) is 10.6 Å². The highest BCUT2D eigenvalue weighted by Crippen LogP contribution is 2.25. The van der Waals surface area contributed by atoms with Crippen LogP contribution in [0, 0.1) is 5.82 Å². The van der Waals surface area contributed by atoms with E-state index in [4.69, 9.17) is 16.3 Å². The Morgan fingerprint density at radius 3 is 2.72 bits per heavy atom. The van der Waals surface area contributed by atoms with E-state index in [9.17, 15) is 9.18 Å². The van der Waals surface area contributed by atoms with Crippen LogP contribution in [0.3, 0.4) is 0 Å². The summed E-state index contributed by atoms with van der Waals surface area (Å²) in [5.41, 5.74) is 1.47. The topological polar surface area (TPSA) is 50.4 Å². The van der Waals surface area contributed by atoms with E-state index in [0.717, 1.165) is 12.1 Å². The monoisotopic (exact) mass is 362 g/mol. The van der Waals surface area contributed by atoms with Gasteiger partial charge in [-0.05, 0) is 35.4 Å². The van der Waals surface area contributed by atoms with Crippen LogP contribution in [0.5, 0.6) is 0 Å². The maximum Gasteiger partial charge on any atom is 0.222 e. The van der Waals surface area contributed by atoms with Gasteiger partial charge in [-0.2, -0.15) is 0 Å². The van der Waals surface area contributed by atoms with Crippen molar-refractivity contribution in [1.82, 2.24) is 10.6 Å². The summed E-state index contributed by atoms with van der Waals surface area (Å²) in [4.78, 5) is 12.5. The van der Waals surface area contributed by atoms with Crippen LogP contribution in [0.1, 0.15) is 23.6 Å². The molecule has 2 atom stereocenters. The highest BCUT2D eigenvalue weighted by Gasteiger charge is 2.21. The van der Waals surface area contributed by atoms with Gasteiger partial charge < -0.3 is 15.4 Å². The Balaban J connectivity index is 1.79. The van der Waals surface area contributed by atoms with Crippen LogP contribution >= 0.6 is 11.6 Å². The van der Waals surface area contributed by atoms with Crippen molar-refractivity contribution in [3.8, 4) is 0 Å².